The van der Waals surface area contributed by atoms with E-state index in [0.717, 1.165) is 18.1 Å². The lowest BCUT2D eigenvalue weighted by Crippen LogP contribution is -2.08. The number of carbonyl (C=O) groups is 1. The maximum atomic E-state index is 10.5. The number of methoxy groups -OCH3 is 1. The normalized spacial score (nSPS) is 12.4. The molecule has 4 heteroatoms. The first kappa shape index (κ1) is 15.1. The molecule has 0 saturated heterocycles. The number of carboxylic acid groups (broad SMARTS) is 1. The van der Waals surface area contributed by atoms with Crippen LogP contribution in [0, 0.1) is 5.92 Å². The molecule has 0 radical (unpaired) electrons. The maximum Gasteiger partial charge on any atom is 0.328 e. The molecule has 4 nitrogen and oxygen atoms in total. The van der Waals surface area contributed by atoms with Crippen LogP contribution in [0.2, 0.25) is 0 Å². The van der Waals surface area contributed by atoms with E-state index in [1.807, 2.05) is 0 Å². The Kier molecular flexibility index (Phi) is 5.93. The lowest BCUT2D eigenvalue weighted by molar-refractivity contribution is -0.131. The lowest BCUT2D eigenvalue weighted by Gasteiger charge is -2.14. The standard InChI is InChI=1S/C15H20O4/c1-4-11(2)10-19-14-9-12(6-8-15(16)17)5-7-13(14)18-3/h5-9,11H,4,10H2,1-3H3,(H,16,17). The van der Waals surface area contributed by atoms with Crippen LogP contribution in [0.4, 0.5) is 0 Å². The Hall–Kier alpha value is -1.97. The average molecular weight is 264 g/mol. The van der Waals surface area contributed by atoms with E-state index < -0.39 is 5.97 Å². The SMILES string of the molecule is CCC(C)COc1cc(C=CC(=O)O)ccc1OC. The van der Waals surface area contributed by atoms with Crippen LogP contribution in [-0.2, 0) is 4.79 Å². The van der Waals surface area contributed by atoms with Gasteiger partial charge in [-0.25, -0.2) is 4.79 Å². The molecule has 0 spiro atoms. The first-order chi connectivity index (χ1) is 9.06. The number of ether oxygens (including phenoxy) is 2. The van der Waals surface area contributed by atoms with Gasteiger partial charge < -0.3 is 14.6 Å². The molecule has 0 fully saturated rings. The third-order valence-electron chi connectivity index (χ3n) is 2.83. The van der Waals surface area contributed by atoms with Gasteiger partial charge in [0.25, 0.3) is 0 Å². The number of benzene rings is 1. The third kappa shape index (κ3) is 5.04. The van der Waals surface area contributed by atoms with Gasteiger partial charge in [-0.2, -0.15) is 0 Å². The second kappa shape index (κ2) is 7.46. The van der Waals surface area contributed by atoms with Gasteiger partial charge in [0.05, 0.1) is 13.7 Å². The van der Waals surface area contributed by atoms with E-state index in [0.29, 0.717) is 24.0 Å². The van der Waals surface area contributed by atoms with E-state index >= 15 is 0 Å². The van der Waals surface area contributed by atoms with Gasteiger partial charge in [-0.1, -0.05) is 26.3 Å². The molecule has 1 N–H and O–H groups in total. The van der Waals surface area contributed by atoms with Crippen LogP contribution in [0.1, 0.15) is 25.8 Å². The zero-order chi connectivity index (χ0) is 14.3. The Bertz CT molecular complexity index is 451. The number of hydrogen-bond acceptors (Lipinski definition) is 3. The zero-order valence-electron chi connectivity index (χ0n) is 11.6. The number of rotatable bonds is 7. The Balaban J connectivity index is 2.86. The second-order valence-corrected chi connectivity index (χ2v) is 4.41. The molecular weight excluding hydrogens is 244 g/mol. The zero-order valence-corrected chi connectivity index (χ0v) is 11.6. The first-order valence-electron chi connectivity index (χ1n) is 6.28. The van der Waals surface area contributed by atoms with Gasteiger partial charge in [-0.15, -0.1) is 0 Å². The molecule has 0 amide bonds. The Morgan fingerprint density at radius 3 is 2.74 bits per heavy atom. The summed E-state index contributed by atoms with van der Waals surface area (Å²) in [4.78, 5) is 10.5. The molecule has 0 aliphatic carbocycles. The minimum Gasteiger partial charge on any atom is -0.493 e. The fourth-order valence-electron chi connectivity index (χ4n) is 1.43. The number of hydrogen-bond donors (Lipinski definition) is 1. The average Bonchev–Trinajstić information content (AvgIpc) is 2.42. The highest BCUT2D eigenvalue weighted by atomic mass is 16.5. The summed E-state index contributed by atoms with van der Waals surface area (Å²) in [6.45, 7) is 4.83. The van der Waals surface area contributed by atoms with E-state index in [4.69, 9.17) is 14.6 Å². The Labute approximate surface area is 113 Å². The van der Waals surface area contributed by atoms with Crippen molar-refractivity contribution in [1.82, 2.24) is 0 Å². The van der Waals surface area contributed by atoms with Gasteiger partial charge in [0.1, 0.15) is 0 Å². The van der Waals surface area contributed by atoms with E-state index in [1.165, 1.54) is 6.08 Å². The molecule has 0 saturated carbocycles. The number of aliphatic carboxylic acids is 1. The minimum atomic E-state index is -0.974. The molecule has 1 unspecified atom stereocenters. The van der Waals surface area contributed by atoms with Crippen molar-refractivity contribution in [2.45, 2.75) is 20.3 Å². The van der Waals surface area contributed by atoms with Gasteiger partial charge in [0.15, 0.2) is 11.5 Å². The van der Waals surface area contributed by atoms with Crippen molar-refractivity contribution in [3.8, 4) is 11.5 Å². The molecule has 104 valence electrons. The summed E-state index contributed by atoms with van der Waals surface area (Å²) in [5, 5.41) is 8.61. The summed E-state index contributed by atoms with van der Waals surface area (Å²) in [6, 6.07) is 5.34. The molecular formula is C15H20O4. The molecule has 0 aliphatic rings. The van der Waals surface area contributed by atoms with Crippen molar-refractivity contribution in [2.75, 3.05) is 13.7 Å². The topological polar surface area (TPSA) is 55.8 Å². The highest BCUT2D eigenvalue weighted by molar-refractivity contribution is 5.85. The van der Waals surface area contributed by atoms with Crippen LogP contribution in [-0.4, -0.2) is 24.8 Å². The Morgan fingerprint density at radius 1 is 1.42 bits per heavy atom. The van der Waals surface area contributed by atoms with E-state index in [2.05, 4.69) is 13.8 Å². The van der Waals surface area contributed by atoms with Crippen LogP contribution in [0.15, 0.2) is 24.3 Å². The fraction of sp³-hybridized carbons (Fsp3) is 0.400. The monoisotopic (exact) mass is 264 g/mol. The molecule has 1 aromatic carbocycles. The first-order valence-corrected chi connectivity index (χ1v) is 6.28. The summed E-state index contributed by atoms with van der Waals surface area (Å²) in [6.07, 6.45) is 3.67. The van der Waals surface area contributed by atoms with Crippen LogP contribution < -0.4 is 9.47 Å². The predicted octanol–water partition coefficient (Wildman–Crippen LogP) is 3.22. The van der Waals surface area contributed by atoms with Gasteiger partial charge >= 0.3 is 5.97 Å². The van der Waals surface area contributed by atoms with Crippen molar-refractivity contribution in [3.05, 3.63) is 29.8 Å². The van der Waals surface area contributed by atoms with Gasteiger partial charge in [-0.05, 0) is 29.7 Å². The quantitative estimate of drug-likeness (QED) is 0.768. The largest absolute Gasteiger partial charge is 0.493 e. The van der Waals surface area contributed by atoms with Crippen LogP contribution in [0.5, 0.6) is 11.5 Å². The molecule has 1 aromatic rings. The van der Waals surface area contributed by atoms with Crippen LogP contribution in [0.25, 0.3) is 6.08 Å². The second-order valence-electron chi connectivity index (χ2n) is 4.41. The van der Waals surface area contributed by atoms with Crippen LogP contribution in [0.3, 0.4) is 0 Å². The van der Waals surface area contributed by atoms with Crippen molar-refractivity contribution in [2.24, 2.45) is 5.92 Å². The van der Waals surface area contributed by atoms with Crippen molar-refractivity contribution in [1.29, 1.82) is 0 Å². The summed E-state index contributed by atoms with van der Waals surface area (Å²) in [5.41, 5.74) is 0.766. The molecule has 1 rings (SSSR count). The van der Waals surface area contributed by atoms with Crippen molar-refractivity contribution < 1.29 is 19.4 Å². The Morgan fingerprint density at radius 2 is 2.16 bits per heavy atom. The smallest absolute Gasteiger partial charge is 0.328 e. The van der Waals surface area contributed by atoms with Gasteiger partial charge in [0.2, 0.25) is 0 Å². The molecule has 19 heavy (non-hydrogen) atoms. The predicted molar refractivity (Wildman–Crippen MR) is 74.6 cm³/mol. The highest BCUT2D eigenvalue weighted by Crippen LogP contribution is 2.29. The molecule has 0 heterocycles. The molecule has 0 bridgehead atoms. The highest BCUT2D eigenvalue weighted by Gasteiger charge is 2.07. The van der Waals surface area contributed by atoms with Crippen molar-refractivity contribution >= 4 is 12.0 Å². The summed E-state index contributed by atoms with van der Waals surface area (Å²) < 4.78 is 10.9. The summed E-state index contributed by atoms with van der Waals surface area (Å²) in [5.74, 6) is 0.770. The fourth-order valence-corrected chi connectivity index (χ4v) is 1.43. The van der Waals surface area contributed by atoms with E-state index in [1.54, 1.807) is 25.3 Å². The molecule has 1 atom stereocenters. The third-order valence-corrected chi connectivity index (χ3v) is 2.83. The van der Waals surface area contributed by atoms with Crippen LogP contribution >= 0.6 is 0 Å². The summed E-state index contributed by atoms with van der Waals surface area (Å²) >= 11 is 0. The van der Waals surface area contributed by atoms with E-state index in [9.17, 15) is 4.79 Å². The maximum absolute atomic E-state index is 10.5. The van der Waals surface area contributed by atoms with Gasteiger partial charge in [0, 0.05) is 6.08 Å². The molecule has 0 aromatic heterocycles. The lowest BCUT2D eigenvalue weighted by atomic mass is 10.1. The molecule has 0 aliphatic heterocycles. The van der Waals surface area contributed by atoms with E-state index in [-0.39, 0.29) is 0 Å². The van der Waals surface area contributed by atoms with Crippen molar-refractivity contribution in [3.63, 3.8) is 0 Å². The number of carboxylic acids is 1. The van der Waals surface area contributed by atoms with Gasteiger partial charge in [-0.3, -0.25) is 0 Å². The minimum absolute atomic E-state index is 0.461. The summed E-state index contributed by atoms with van der Waals surface area (Å²) in [7, 11) is 1.58.